The summed E-state index contributed by atoms with van der Waals surface area (Å²) >= 11 is 0. The fourth-order valence-corrected chi connectivity index (χ4v) is 3.43. The summed E-state index contributed by atoms with van der Waals surface area (Å²) in [5.74, 6) is 6.57. The van der Waals surface area contributed by atoms with E-state index in [0.717, 1.165) is 19.4 Å². The highest BCUT2D eigenvalue weighted by molar-refractivity contribution is 5.12. The molecule has 20 heavy (non-hydrogen) atoms. The highest BCUT2D eigenvalue weighted by Crippen LogP contribution is 2.27. The molecule has 2 rings (SSSR count). The lowest BCUT2D eigenvalue weighted by atomic mass is 9.89. The molecule has 1 saturated carbocycles. The first-order chi connectivity index (χ1) is 9.78. The molecular formula is C16H30N4. The fourth-order valence-electron chi connectivity index (χ4n) is 3.43. The molecule has 4 nitrogen and oxygen atoms in total. The predicted octanol–water partition coefficient (Wildman–Crippen LogP) is 2.81. The smallest absolute Gasteiger partial charge is 0.0624 e. The van der Waals surface area contributed by atoms with E-state index in [1.165, 1.54) is 49.9 Å². The third kappa shape index (κ3) is 3.83. The van der Waals surface area contributed by atoms with Crippen LogP contribution >= 0.6 is 0 Å². The topological polar surface area (TPSA) is 55.9 Å². The van der Waals surface area contributed by atoms with Crippen LogP contribution in [-0.2, 0) is 19.4 Å². The Labute approximate surface area is 123 Å². The van der Waals surface area contributed by atoms with Gasteiger partial charge in [-0.3, -0.25) is 16.0 Å². The van der Waals surface area contributed by atoms with E-state index in [0.29, 0.717) is 12.0 Å². The second kappa shape index (κ2) is 7.79. The van der Waals surface area contributed by atoms with Gasteiger partial charge in [0, 0.05) is 24.7 Å². The van der Waals surface area contributed by atoms with Gasteiger partial charge in [0.25, 0.3) is 0 Å². The van der Waals surface area contributed by atoms with Crippen LogP contribution in [0, 0.1) is 5.92 Å². The lowest BCUT2D eigenvalue weighted by Gasteiger charge is -2.25. The van der Waals surface area contributed by atoms with Gasteiger partial charge in [0.2, 0.25) is 0 Å². The van der Waals surface area contributed by atoms with Gasteiger partial charge in [-0.2, -0.15) is 5.10 Å². The number of aromatic nitrogens is 2. The molecule has 4 heteroatoms. The number of aryl methyl sites for hydroxylation is 2. The minimum Gasteiger partial charge on any atom is -0.271 e. The molecule has 3 N–H and O–H groups in total. The molecule has 1 aliphatic rings. The molecule has 1 aromatic heterocycles. The zero-order chi connectivity index (χ0) is 14.4. The summed E-state index contributed by atoms with van der Waals surface area (Å²) in [5, 5.41) is 4.65. The van der Waals surface area contributed by atoms with Crippen molar-refractivity contribution in [3.63, 3.8) is 0 Å². The van der Waals surface area contributed by atoms with Crippen LogP contribution in [0.4, 0.5) is 0 Å². The predicted molar refractivity (Wildman–Crippen MR) is 83.3 cm³/mol. The molecule has 0 aromatic carbocycles. The van der Waals surface area contributed by atoms with E-state index in [2.05, 4.69) is 35.1 Å². The molecule has 1 atom stereocenters. The van der Waals surface area contributed by atoms with E-state index in [9.17, 15) is 0 Å². The van der Waals surface area contributed by atoms with Gasteiger partial charge < -0.3 is 0 Å². The van der Waals surface area contributed by atoms with E-state index >= 15 is 0 Å². The average molecular weight is 278 g/mol. The second-order valence-electron chi connectivity index (χ2n) is 6.03. The van der Waals surface area contributed by atoms with Gasteiger partial charge in [-0.25, -0.2) is 0 Å². The average Bonchev–Trinajstić information content (AvgIpc) is 2.68. The molecule has 0 saturated heterocycles. The Morgan fingerprint density at radius 2 is 2.00 bits per heavy atom. The minimum atomic E-state index is 0.389. The quantitative estimate of drug-likeness (QED) is 0.478. The number of hydrazine groups is 1. The Kier molecular flexibility index (Phi) is 6.05. The van der Waals surface area contributed by atoms with E-state index in [-0.39, 0.29) is 0 Å². The highest BCUT2D eigenvalue weighted by Gasteiger charge is 2.23. The normalized spacial score (nSPS) is 18.9. The van der Waals surface area contributed by atoms with Crippen molar-refractivity contribution in [1.29, 1.82) is 0 Å². The van der Waals surface area contributed by atoms with Crippen molar-refractivity contribution in [3.05, 3.63) is 17.5 Å². The summed E-state index contributed by atoms with van der Waals surface area (Å²) in [6, 6.07) is 2.64. The minimum absolute atomic E-state index is 0.389. The Morgan fingerprint density at radius 3 is 2.55 bits per heavy atom. The summed E-state index contributed by atoms with van der Waals surface area (Å²) in [6.45, 7) is 5.26. The van der Waals surface area contributed by atoms with Crippen LogP contribution in [-0.4, -0.2) is 15.8 Å². The fraction of sp³-hybridized carbons (Fsp3) is 0.812. The van der Waals surface area contributed by atoms with Gasteiger partial charge in [-0.1, -0.05) is 32.6 Å². The van der Waals surface area contributed by atoms with Gasteiger partial charge in [0.15, 0.2) is 0 Å². The number of nitrogens with two attached hydrogens (primary N) is 1. The molecule has 0 bridgehead atoms. The summed E-state index contributed by atoms with van der Waals surface area (Å²) in [4.78, 5) is 0. The summed E-state index contributed by atoms with van der Waals surface area (Å²) in [5.41, 5.74) is 5.61. The largest absolute Gasteiger partial charge is 0.271 e. The maximum absolute atomic E-state index is 5.85. The van der Waals surface area contributed by atoms with Crippen molar-refractivity contribution < 1.29 is 0 Å². The molecule has 0 spiro atoms. The molecular weight excluding hydrogens is 248 g/mol. The molecule has 1 fully saturated rings. The summed E-state index contributed by atoms with van der Waals surface area (Å²) in [7, 11) is 0. The molecule has 0 aliphatic heterocycles. The molecule has 114 valence electrons. The Bertz CT molecular complexity index is 391. The van der Waals surface area contributed by atoms with Gasteiger partial charge in [-0.05, 0) is 38.2 Å². The molecule has 1 unspecified atom stereocenters. The molecule has 0 amide bonds. The van der Waals surface area contributed by atoms with E-state index < -0.39 is 0 Å². The first-order valence-corrected chi connectivity index (χ1v) is 8.30. The maximum Gasteiger partial charge on any atom is 0.0624 e. The summed E-state index contributed by atoms with van der Waals surface area (Å²) < 4.78 is 2.14. The van der Waals surface area contributed by atoms with Crippen molar-refractivity contribution in [2.45, 2.75) is 77.8 Å². The van der Waals surface area contributed by atoms with Crippen molar-refractivity contribution in [2.24, 2.45) is 11.8 Å². The number of hydrogen-bond acceptors (Lipinski definition) is 3. The number of nitrogens with zero attached hydrogens (tertiary/aromatic N) is 2. The van der Waals surface area contributed by atoms with Crippen LogP contribution in [0.3, 0.4) is 0 Å². The number of rotatable bonds is 6. The lowest BCUT2D eigenvalue weighted by molar-refractivity contribution is 0.315. The standard InChI is InChI=1S/C16H30N4/c1-3-14-11-15(20(4-2)19-14)12-16(18-17)13-9-7-5-6-8-10-13/h11,13,16,18H,3-10,12,17H2,1-2H3. The van der Waals surface area contributed by atoms with Crippen LogP contribution in [0.2, 0.25) is 0 Å². The van der Waals surface area contributed by atoms with Gasteiger partial charge in [0.1, 0.15) is 0 Å². The summed E-state index contributed by atoms with van der Waals surface area (Å²) in [6.07, 6.45) is 10.1. The zero-order valence-electron chi connectivity index (χ0n) is 13.1. The third-order valence-corrected chi connectivity index (χ3v) is 4.69. The van der Waals surface area contributed by atoms with Crippen LogP contribution in [0.1, 0.15) is 63.8 Å². The Hall–Kier alpha value is -0.870. The van der Waals surface area contributed by atoms with Crippen LogP contribution in [0.15, 0.2) is 6.07 Å². The van der Waals surface area contributed by atoms with Gasteiger partial charge in [0.05, 0.1) is 5.69 Å². The Balaban J connectivity index is 2.06. The zero-order valence-corrected chi connectivity index (χ0v) is 13.1. The van der Waals surface area contributed by atoms with Crippen molar-refractivity contribution in [1.82, 2.24) is 15.2 Å². The van der Waals surface area contributed by atoms with E-state index in [4.69, 9.17) is 5.84 Å². The van der Waals surface area contributed by atoms with Gasteiger partial charge >= 0.3 is 0 Å². The molecule has 1 aromatic rings. The first kappa shape index (κ1) is 15.5. The van der Waals surface area contributed by atoms with Crippen LogP contribution in [0.25, 0.3) is 0 Å². The van der Waals surface area contributed by atoms with Crippen molar-refractivity contribution in [2.75, 3.05) is 0 Å². The van der Waals surface area contributed by atoms with Crippen molar-refractivity contribution in [3.8, 4) is 0 Å². The Morgan fingerprint density at radius 1 is 1.30 bits per heavy atom. The highest BCUT2D eigenvalue weighted by atomic mass is 15.3. The lowest BCUT2D eigenvalue weighted by Crippen LogP contribution is -2.42. The first-order valence-electron chi connectivity index (χ1n) is 8.30. The SMILES string of the molecule is CCc1cc(CC(NN)C2CCCCCC2)n(CC)n1. The van der Waals surface area contributed by atoms with E-state index in [1.54, 1.807) is 0 Å². The molecule has 0 radical (unpaired) electrons. The van der Waals surface area contributed by atoms with Crippen molar-refractivity contribution >= 4 is 0 Å². The third-order valence-electron chi connectivity index (χ3n) is 4.69. The monoisotopic (exact) mass is 278 g/mol. The van der Waals surface area contributed by atoms with Gasteiger partial charge in [-0.15, -0.1) is 0 Å². The molecule has 1 aliphatic carbocycles. The molecule has 1 heterocycles. The maximum atomic E-state index is 5.85. The van der Waals surface area contributed by atoms with Crippen LogP contribution < -0.4 is 11.3 Å². The second-order valence-corrected chi connectivity index (χ2v) is 6.03. The van der Waals surface area contributed by atoms with E-state index in [1.807, 2.05) is 0 Å². The number of nitrogens with one attached hydrogen (secondary N) is 1. The number of hydrogen-bond donors (Lipinski definition) is 2. The van der Waals surface area contributed by atoms with Crippen LogP contribution in [0.5, 0.6) is 0 Å².